The lowest BCUT2D eigenvalue weighted by Crippen LogP contribution is -2.39. The Morgan fingerprint density at radius 1 is 1.50 bits per heavy atom. The molecule has 1 aromatic heterocycles. The van der Waals surface area contributed by atoms with Crippen molar-refractivity contribution in [1.29, 1.82) is 0 Å². The number of aliphatic carboxylic acids is 1. The average molecular weight is 308 g/mol. The van der Waals surface area contributed by atoms with Gasteiger partial charge in [-0.3, -0.25) is 4.79 Å². The predicted molar refractivity (Wildman–Crippen MR) is 69.7 cm³/mol. The predicted octanol–water partition coefficient (Wildman–Crippen LogP) is 2.65. The van der Waals surface area contributed by atoms with E-state index in [-0.39, 0.29) is 5.75 Å². The second-order valence-electron chi connectivity index (χ2n) is 4.04. The van der Waals surface area contributed by atoms with Gasteiger partial charge in [-0.05, 0) is 25.1 Å². The van der Waals surface area contributed by atoms with Gasteiger partial charge in [-0.25, -0.2) is 4.98 Å². The number of hydrogen-bond donors (Lipinski definition) is 2. The highest BCUT2D eigenvalue weighted by atomic mass is 32.2. The fourth-order valence-corrected chi connectivity index (χ4v) is 2.23. The lowest BCUT2D eigenvalue weighted by atomic mass is 10.3. The molecular weight excluding hydrogens is 293 g/mol. The van der Waals surface area contributed by atoms with E-state index in [1.165, 1.54) is 6.07 Å². The molecule has 0 amide bonds. The first-order chi connectivity index (χ1) is 9.34. The van der Waals surface area contributed by atoms with Crippen molar-refractivity contribution in [2.75, 3.05) is 12.3 Å². The van der Waals surface area contributed by atoms with Crippen LogP contribution in [-0.4, -0.2) is 34.4 Å². The van der Waals surface area contributed by atoms with Crippen LogP contribution in [0.3, 0.4) is 0 Å². The van der Waals surface area contributed by atoms with Crippen LogP contribution in [0.1, 0.15) is 18.9 Å². The quantitative estimate of drug-likeness (QED) is 0.758. The van der Waals surface area contributed by atoms with E-state index in [0.29, 0.717) is 11.6 Å². The van der Waals surface area contributed by atoms with E-state index in [9.17, 15) is 18.0 Å². The zero-order valence-corrected chi connectivity index (χ0v) is 11.6. The largest absolute Gasteiger partial charge is 0.480 e. The summed E-state index contributed by atoms with van der Waals surface area (Å²) in [6.07, 6.45) is -2.87. The first-order valence-corrected chi connectivity index (χ1v) is 6.95. The number of rotatable bonds is 7. The Morgan fingerprint density at radius 3 is 2.65 bits per heavy atom. The summed E-state index contributed by atoms with van der Waals surface area (Å²) in [5.74, 6) is -0.786. The fourth-order valence-electron chi connectivity index (χ4n) is 1.34. The first-order valence-electron chi connectivity index (χ1n) is 5.96. The average Bonchev–Trinajstić information content (AvgIpc) is 2.38. The maximum atomic E-state index is 12.3. The number of carboxylic acid groups (broad SMARTS) is 1. The zero-order chi connectivity index (χ0) is 15.2. The number of pyridine rings is 1. The summed E-state index contributed by atoms with van der Waals surface area (Å²) < 4.78 is 37.0. The molecular formula is C12H15F3N2O2S. The molecule has 0 aliphatic carbocycles. The molecule has 0 aromatic carbocycles. The highest BCUT2D eigenvalue weighted by molar-refractivity contribution is 7.99. The number of carbonyl (C=O) groups is 1. The molecule has 0 saturated carbocycles. The van der Waals surface area contributed by atoms with Crippen molar-refractivity contribution in [3.8, 4) is 0 Å². The molecule has 0 saturated heterocycles. The number of carboxylic acids is 1. The van der Waals surface area contributed by atoms with Crippen LogP contribution in [0.15, 0.2) is 23.4 Å². The van der Waals surface area contributed by atoms with Gasteiger partial charge in [0.05, 0.1) is 10.6 Å². The van der Waals surface area contributed by atoms with E-state index in [1.54, 1.807) is 0 Å². The molecule has 0 fully saturated rings. The Bertz CT molecular complexity index is 437. The number of nitrogens with one attached hydrogen (secondary N) is 1. The number of aromatic nitrogens is 1. The molecule has 8 heteroatoms. The third-order valence-electron chi connectivity index (χ3n) is 2.40. The molecule has 2 N–H and O–H groups in total. The van der Waals surface area contributed by atoms with Gasteiger partial charge >= 0.3 is 12.1 Å². The summed E-state index contributed by atoms with van der Waals surface area (Å²) >= 11 is 1.10. The second kappa shape index (κ2) is 7.49. The van der Waals surface area contributed by atoms with Crippen LogP contribution in [-0.2, 0) is 11.0 Å². The second-order valence-corrected chi connectivity index (χ2v) is 5.08. The molecule has 0 radical (unpaired) electrons. The Balaban J connectivity index is 2.58. The van der Waals surface area contributed by atoms with E-state index in [4.69, 9.17) is 5.11 Å². The monoisotopic (exact) mass is 308 g/mol. The minimum Gasteiger partial charge on any atom is -0.480 e. The zero-order valence-electron chi connectivity index (χ0n) is 10.8. The lowest BCUT2D eigenvalue weighted by molar-refractivity contribution is -0.139. The van der Waals surface area contributed by atoms with Crippen molar-refractivity contribution in [3.63, 3.8) is 0 Å². The van der Waals surface area contributed by atoms with Gasteiger partial charge in [0.15, 0.2) is 0 Å². The summed E-state index contributed by atoms with van der Waals surface area (Å²) in [6, 6.07) is 1.43. The standard InChI is InChI=1S/C12H15F3N2O2S/c1-2-5-16-9(11(18)19)7-20-10-4-3-8(6-17-10)12(13,14)15/h3-4,6,9,16H,2,5,7H2,1H3,(H,18,19). The molecule has 1 unspecified atom stereocenters. The maximum Gasteiger partial charge on any atom is 0.417 e. The van der Waals surface area contributed by atoms with Crippen LogP contribution in [0.25, 0.3) is 0 Å². The molecule has 0 bridgehead atoms. The Morgan fingerprint density at radius 2 is 2.20 bits per heavy atom. The molecule has 4 nitrogen and oxygen atoms in total. The van der Waals surface area contributed by atoms with Gasteiger partial charge in [0.2, 0.25) is 0 Å². The van der Waals surface area contributed by atoms with Crippen molar-refractivity contribution in [1.82, 2.24) is 10.3 Å². The highest BCUT2D eigenvalue weighted by Crippen LogP contribution is 2.29. The molecule has 1 atom stereocenters. The van der Waals surface area contributed by atoms with Crippen molar-refractivity contribution in [2.24, 2.45) is 0 Å². The first kappa shape index (κ1) is 16.8. The van der Waals surface area contributed by atoms with Crippen molar-refractivity contribution >= 4 is 17.7 Å². The minimum atomic E-state index is -4.41. The third kappa shape index (κ3) is 5.38. The molecule has 1 rings (SSSR count). The summed E-state index contributed by atoms with van der Waals surface area (Å²) in [7, 11) is 0. The molecule has 1 aromatic rings. The van der Waals surface area contributed by atoms with E-state index in [1.807, 2.05) is 6.92 Å². The number of alkyl halides is 3. The fraction of sp³-hybridized carbons (Fsp3) is 0.500. The van der Waals surface area contributed by atoms with Gasteiger partial charge in [-0.15, -0.1) is 11.8 Å². The van der Waals surface area contributed by atoms with Crippen molar-refractivity contribution in [3.05, 3.63) is 23.9 Å². The van der Waals surface area contributed by atoms with Gasteiger partial charge in [-0.2, -0.15) is 13.2 Å². The van der Waals surface area contributed by atoms with Gasteiger partial charge in [0.25, 0.3) is 0 Å². The summed E-state index contributed by atoms with van der Waals surface area (Å²) in [5.41, 5.74) is -0.819. The van der Waals surface area contributed by atoms with Crippen molar-refractivity contribution < 1.29 is 23.1 Å². The van der Waals surface area contributed by atoms with E-state index >= 15 is 0 Å². The SMILES string of the molecule is CCCNC(CSc1ccc(C(F)(F)F)cn1)C(=O)O. The normalized spacial score (nSPS) is 13.2. The van der Waals surface area contributed by atoms with Crippen LogP contribution in [0.4, 0.5) is 13.2 Å². The Hall–Kier alpha value is -1.28. The number of thioether (sulfide) groups is 1. The number of hydrogen-bond acceptors (Lipinski definition) is 4. The molecule has 0 aliphatic heterocycles. The van der Waals surface area contributed by atoms with Crippen LogP contribution < -0.4 is 5.32 Å². The molecule has 0 spiro atoms. The van der Waals surface area contributed by atoms with Gasteiger partial charge in [0.1, 0.15) is 6.04 Å². The smallest absolute Gasteiger partial charge is 0.417 e. The maximum absolute atomic E-state index is 12.3. The summed E-state index contributed by atoms with van der Waals surface area (Å²) in [6.45, 7) is 2.48. The Kier molecular flexibility index (Phi) is 6.28. The molecule has 20 heavy (non-hydrogen) atoms. The number of nitrogens with zero attached hydrogens (tertiary/aromatic N) is 1. The van der Waals surface area contributed by atoms with E-state index < -0.39 is 23.8 Å². The van der Waals surface area contributed by atoms with Gasteiger partial charge in [0, 0.05) is 11.9 Å². The Labute approximate surface area is 118 Å². The summed E-state index contributed by atoms with van der Waals surface area (Å²) in [4.78, 5) is 14.6. The minimum absolute atomic E-state index is 0.202. The van der Waals surface area contributed by atoms with E-state index in [0.717, 1.165) is 30.4 Å². The van der Waals surface area contributed by atoms with Crippen LogP contribution in [0.5, 0.6) is 0 Å². The van der Waals surface area contributed by atoms with Gasteiger partial charge in [-0.1, -0.05) is 6.92 Å². The lowest BCUT2D eigenvalue weighted by Gasteiger charge is -2.13. The van der Waals surface area contributed by atoms with Crippen LogP contribution >= 0.6 is 11.8 Å². The van der Waals surface area contributed by atoms with Gasteiger partial charge < -0.3 is 10.4 Å². The molecule has 0 aliphatic rings. The summed E-state index contributed by atoms with van der Waals surface area (Å²) in [5, 5.41) is 12.2. The molecule has 112 valence electrons. The van der Waals surface area contributed by atoms with Crippen molar-refractivity contribution in [2.45, 2.75) is 30.6 Å². The third-order valence-corrected chi connectivity index (χ3v) is 3.44. The topological polar surface area (TPSA) is 62.2 Å². The van der Waals surface area contributed by atoms with E-state index in [2.05, 4.69) is 10.3 Å². The molecule has 1 heterocycles. The highest BCUT2D eigenvalue weighted by Gasteiger charge is 2.30. The number of halogens is 3. The van der Waals surface area contributed by atoms with Crippen LogP contribution in [0.2, 0.25) is 0 Å². The van der Waals surface area contributed by atoms with Crippen LogP contribution in [0, 0.1) is 0 Å².